The van der Waals surface area contributed by atoms with E-state index in [0.29, 0.717) is 17.7 Å². The van der Waals surface area contributed by atoms with Crippen LogP contribution in [0, 0.1) is 12.7 Å². The maximum atomic E-state index is 13.2. The van der Waals surface area contributed by atoms with Gasteiger partial charge in [0.05, 0.1) is 6.54 Å². The van der Waals surface area contributed by atoms with Crippen LogP contribution < -0.4 is 5.32 Å². The predicted octanol–water partition coefficient (Wildman–Crippen LogP) is 2.37. The molecule has 1 N–H and O–H groups in total. The van der Waals surface area contributed by atoms with Gasteiger partial charge in [0, 0.05) is 6.54 Å². The molecule has 0 aliphatic heterocycles. The SMILES string of the molecule is C=C(C)C(=O)CNCc1ccc(C)c(F)c1. The van der Waals surface area contributed by atoms with E-state index in [4.69, 9.17) is 0 Å². The maximum Gasteiger partial charge on any atom is 0.171 e. The molecule has 0 aromatic heterocycles. The van der Waals surface area contributed by atoms with Crippen molar-refractivity contribution in [3.8, 4) is 0 Å². The fourth-order valence-electron chi connectivity index (χ4n) is 1.22. The normalized spacial score (nSPS) is 10.2. The van der Waals surface area contributed by atoms with Crippen LogP contribution in [0.15, 0.2) is 30.4 Å². The number of hydrogen-bond donors (Lipinski definition) is 1. The minimum Gasteiger partial charge on any atom is -0.306 e. The number of carbonyl (C=O) groups excluding carboxylic acids is 1. The number of carbonyl (C=O) groups is 1. The number of nitrogens with one attached hydrogen (secondary N) is 1. The van der Waals surface area contributed by atoms with Crippen molar-refractivity contribution in [3.05, 3.63) is 47.3 Å². The Labute approximate surface area is 95.2 Å². The summed E-state index contributed by atoms with van der Waals surface area (Å²) in [5.74, 6) is -0.238. The van der Waals surface area contributed by atoms with Crippen LogP contribution in [-0.2, 0) is 11.3 Å². The van der Waals surface area contributed by atoms with Crippen LogP contribution in [0.3, 0.4) is 0 Å². The van der Waals surface area contributed by atoms with Gasteiger partial charge in [0.1, 0.15) is 5.82 Å². The number of halogens is 1. The van der Waals surface area contributed by atoms with Crippen LogP contribution in [0.4, 0.5) is 4.39 Å². The second-order valence-electron chi connectivity index (χ2n) is 3.89. The number of hydrogen-bond acceptors (Lipinski definition) is 2. The highest BCUT2D eigenvalue weighted by molar-refractivity contribution is 5.95. The van der Waals surface area contributed by atoms with Crippen molar-refractivity contribution in [2.24, 2.45) is 0 Å². The van der Waals surface area contributed by atoms with E-state index < -0.39 is 0 Å². The summed E-state index contributed by atoms with van der Waals surface area (Å²) in [7, 11) is 0. The van der Waals surface area contributed by atoms with Gasteiger partial charge in [-0.1, -0.05) is 18.7 Å². The Bertz CT molecular complexity index is 412. The smallest absolute Gasteiger partial charge is 0.171 e. The van der Waals surface area contributed by atoms with E-state index >= 15 is 0 Å². The van der Waals surface area contributed by atoms with E-state index in [2.05, 4.69) is 11.9 Å². The van der Waals surface area contributed by atoms with Crippen molar-refractivity contribution >= 4 is 5.78 Å². The average molecular weight is 221 g/mol. The molecular weight excluding hydrogens is 205 g/mol. The fraction of sp³-hybridized carbons (Fsp3) is 0.308. The summed E-state index contributed by atoms with van der Waals surface area (Å²) in [4.78, 5) is 11.2. The molecule has 0 amide bonds. The van der Waals surface area contributed by atoms with Crippen LogP contribution in [0.25, 0.3) is 0 Å². The monoisotopic (exact) mass is 221 g/mol. The van der Waals surface area contributed by atoms with E-state index in [0.717, 1.165) is 5.56 Å². The zero-order valence-electron chi connectivity index (χ0n) is 9.64. The first kappa shape index (κ1) is 12.6. The zero-order chi connectivity index (χ0) is 12.1. The van der Waals surface area contributed by atoms with Crippen LogP contribution in [0.5, 0.6) is 0 Å². The van der Waals surface area contributed by atoms with Crippen molar-refractivity contribution in [2.45, 2.75) is 20.4 Å². The van der Waals surface area contributed by atoms with E-state index in [1.807, 2.05) is 6.07 Å². The van der Waals surface area contributed by atoms with E-state index in [-0.39, 0.29) is 18.1 Å². The van der Waals surface area contributed by atoms with Gasteiger partial charge in [-0.2, -0.15) is 0 Å². The molecule has 0 saturated carbocycles. The number of aryl methyl sites for hydroxylation is 1. The minimum atomic E-state index is -0.217. The largest absolute Gasteiger partial charge is 0.306 e. The summed E-state index contributed by atoms with van der Waals surface area (Å²) in [6.45, 7) is 7.68. The second kappa shape index (κ2) is 5.56. The molecule has 0 aliphatic carbocycles. The molecule has 0 fully saturated rings. The first-order valence-corrected chi connectivity index (χ1v) is 5.15. The Hall–Kier alpha value is -1.48. The molecule has 1 aromatic rings. The van der Waals surface area contributed by atoms with Crippen LogP contribution in [0.1, 0.15) is 18.1 Å². The molecule has 0 saturated heterocycles. The summed E-state index contributed by atoms with van der Waals surface area (Å²) in [6.07, 6.45) is 0. The lowest BCUT2D eigenvalue weighted by Crippen LogP contribution is -2.22. The number of Topliss-reactive ketones (excluding diaryl/α,β-unsaturated/α-hetero) is 1. The number of benzene rings is 1. The van der Waals surface area contributed by atoms with Crippen molar-refractivity contribution in [1.82, 2.24) is 5.32 Å². The van der Waals surface area contributed by atoms with E-state index in [1.54, 1.807) is 19.9 Å². The Morgan fingerprint density at radius 1 is 1.50 bits per heavy atom. The molecule has 1 aromatic carbocycles. The highest BCUT2D eigenvalue weighted by Gasteiger charge is 2.02. The van der Waals surface area contributed by atoms with Crippen LogP contribution in [0.2, 0.25) is 0 Å². The average Bonchev–Trinajstić information content (AvgIpc) is 2.23. The molecule has 3 heteroatoms. The lowest BCUT2D eigenvalue weighted by Gasteiger charge is -2.05. The van der Waals surface area contributed by atoms with Gasteiger partial charge < -0.3 is 5.32 Å². The zero-order valence-corrected chi connectivity index (χ0v) is 9.64. The third-order valence-electron chi connectivity index (χ3n) is 2.33. The van der Waals surface area contributed by atoms with Crippen molar-refractivity contribution in [1.29, 1.82) is 0 Å². The summed E-state index contributed by atoms with van der Waals surface area (Å²) in [6, 6.07) is 5.05. The highest BCUT2D eigenvalue weighted by Crippen LogP contribution is 2.08. The van der Waals surface area contributed by atoms with Gasteiger partial charge >= 0.3 is 0 Å². The molecule has 0 bridgehead atoms. The first-order valence-electron chi connectivity index (χ1n) is 5.15. The lowest BCUT2D eigenvalue weighted by atomic mass is 10.1. The van der Waals surface area contributed by atoms with Crippen LogP contribution >= 0.6 is 0 Å². The Kier molecular flexibility index (Phi) is 4.38. The summed E-state index contributed by atoms with van der Waals surface area (Å²) in [5, 5.41) is 2.95. The Morgan fingerprint density at radius 2 is 2.19 bits per heavy atom. The minimum absolute atomic E-state index is 0.0208. The predicted molar refractivity (Wildman–Crippen MR) is 62.7 cm³/mol. The summed E-state index contributed by atoms with van der Waals surface area (Å²) < 4.78 is 13.2. The Balaban J connectivity index is 2.46. The van der Waals surface area contributed by atoms with Gasteiger partial charge in [-0.25, -0.2) is 4.39 Å². The molecule has 0 aliphatic rings. The van der Waals surface area contributed by atoms with Gasteiger partial charge in [0.25, 0.3) is 0 Å². The molecular formula is C13H16FNO. The molecule has 1 rings (SSSR count). The lowest BCUT2D eigenvalue weighted by molar-refractivity contribution is -0.114. The second-order valence-corrected chi connectivity index (χ2v) is 3.89. The third kappa shape index (κ3) is 3.59. The number of rotatable bonds is 5. The van der Waals surface area contributed by atoms with Gasteiger partial charge in [-0.05, 0) is 36.6 Å². The standard InChI is InChI=1S/C13H16FNO/c1-9(2)13(16)8-15-7-11-5-4-10(3)12(14)6-11/h4-6,15H,1,7-8H2,2-3H3. The third-order valence-corrected chi connectivity index (χ3v) is 2.33. The molecule has 0 unspecified atom stereocenters. The summed E-state index contributed by atoms with van der Waals surface area (Å²) in [5.41, 5.74) is 1.99. The topological polar surface area (TPSA) is 29.1 Å². The highest BCUT2D eigenvalue weighted by atomic mass is 19.1. The summed E-state index contributed by atoms with van der Waals surface area (Å²) >= 11 is 0. The van der Waals surface area contributed by atoms with Crippen molar-refractivity contribution in [3.63, 3.8) is 0 Å². The van der Waals surface area contributed by atoms with Gasteiger partial charge in [-0.15, -0.1) is 0 Å². The van der Waals surface area contributed by atoms with E-state index in [1.165, 1.54) is 6.07 Å². The first-order chi connectivity index (χ1) is 7.50. The van der Waals surface area contributed by atoms with Crippen molar-refractivity contribution < 1.29 is 9.18 Å². The van der Waals surface area contributed by atoms with E-state index in [9.17, 15) is 9.18 Å². The molecule has 0 spiro atoms. The van der Waals surface area contributed by atoms with Gasteiger partial charge in [-0.3, -0.25) is 4.79 Å². The molecule has 0 radical (unpaired) electrons. The molecule has 16 heavy (non-hydrogen) atoms. The number of ketones is 1. The van der Waals surface area contributed by atoms with Crippen LogP contribution in [-0.4, -0.2) is 12.3 Å². The Morgan fingerprint density at radius 3 is 2.75 bits per heavy atom. The molecule has 0 atom stereocenters. The molecule has 2 nitrogen and oxygen atoms in total. The fourth-order valence-corrected chi connectivity index (χ4v) is 1.22. The molecule has 86 valence electrons. The maximum absolute atomic E-state index is 13.2. The van der Waals surface area contributed by atoms with Gasteiger partial charge in [0.15, 0.2) is 5.78 Å². The molecule has 0 heterocycles. The van der Waals surface area contributed by atoms with Crippen molar-refractivity contribution in [2.75, 3.05) is 6.54 Å². The quantitative estimate of drug-likeness (QED) is 0.773. The van der Waals surface area contributed by atoms with Gasteiger partial charge in [0.2, 0.25) is 0 Å².